The van der Waals surface area contributed by atoms with E-state index in [1.807, 2.05) is 0 Å². The lowest BCUT2D eigenvalue weighted by atomic mass is 10.2. The summed E-state index contributed by atoms with van der Waals surface area (Å²) in [6, 6.07) is 7.34. The van der Waals surface area contributed by atoms with Crippen molar-refractivity contribution < 1.29 is 14.7 Å². The number of anilines is 1. The minimum Gasteiger partial charge on any atom is -0.478 e. The first-order valence-electron chi connectivity index (χ1n) is 5.32. The van der Waals surface area contributed by atoms with E-state index in [0.717, 1.165) is 0 Å². The Kier molecular flexibility index (Phi) is 3.77. The maximum absolute atomic E-state index is 11.9. The molecule has 1 aromatic carbocycles. The fourth-order valence-electron chi connectivity index (χ4n) is 1.45. The maximum Gasteiger partial charge on any atom is 0.335 e. The normalized spacial score (nSPS) is 9.95. The number of hydrogen-bond donors (Lipinski definition) is 2. The summed E-state index contributed by atoms with van der Waals surface area (Å²) in [6.07, 6.45) is 2.85. The molecule has 0 saturated heterocycles. The average Bonchev–Trinajstić information content (AvgIpc) is 2.39. The molecule has 96 valence electrons. The van der Waals surface area contributed by atoms with E-state index in [-0.39, 0.29) is 16.5 Å². The summed E-state index contributed by atoms with van der Waals surface area (Å²) in [5.41, 5.74) is 0.946. The molecule has 6 heteroatoms. The zero-order valence-electron chi connectivity index (χ0n) is 9.63. The van der Waals surface area contributed by atoms with Crippen molar-refractivity contribution in [3.63, 3.8) is 0 Å². The van der Waals surface area contributed by atoms with Gasteiger partial charge in [-0.05, 0) is 30.3 Å². The van der Waals surface area contributed by atoms with Crippen molar-refractivity contribution in [3.8, 4) is 0 Å². The molecule has 2 N–H and O–H groups in total. The third kappa shape index (κ3) is 3.08. The van der Waals surface area contributed by atoms with Gasteiger partial charge in [0, 0.05) is 18.1 Å². The van der Waals surface area contributed by atoms with E-state index in [1.165, 1.54) is 42.7 Å². The van der Waals surface area contributed by atoms with Crippen molar-refractivity contribution in [2.24, 2.45) is 0 Å². The molecule has 0 atom stereocenters. The van der Waals surface area contributed by atoms with Gasteiger partial charge in [0.1, 0.15) is 0 Å². The van der Waals surface area contributed by atoms with Gasteiger partial charge in [-0.25, -0.2) is 4.79 Å². The molecule has 19 heavy (non-hydrogen) atoms. The maximum atomic E-state index is 11.9. The van der Waals surface area contributed by atoms with Gasteiger partial charge in [0.25, 0.3) is 5.91 Å². The Morgan fingerprint density at radius 2 is 1.84 bits per heavy atom. The lowest BCUT2D eigenvalue weighted by Crippen LogP contribution is -2.12. The number of carbonyl (C=O) groups is 2. The molecule has 0 fully saturated rings. The summed E-state index contributed by atoms with van der Waals surface area (Å²) in [7, 11) is 0. The monoisotopic (exact) mass is 276 g/mol. The van der Waals surface area contributed by atoms with Crippen LogP contribution in [0.3, 0.4) is 0 Å². The van der Waals surface area contributed by atoms with Gasteiger partial charge >= 0.3 is 5.97 Å². The van der Waals surface area contributed by atoms with Gasteiger partial charge < -0.3 is 10.4 Å². The summed E-state index contributed by atoms with van der Waals surface area (Å²) in [5.74, 6) is -1.40. The van der Waals surface area contributed by atoms with Gasteiger partial charge in [-0.15, -0.1) is 0 Å². The van der Waals surface area contributed by atoms with E-state index in [2.05, 4.69) is 10.3 Å². The SMILES string of the molecule is O=C(O)c1ccc(NC(=O)c2ccncc2Cl)cc1. The smallest absolute Gasteiger partial charge is 0.335 e. The quantitative estimate of drug-likeness (QED) is 0.903. The van der Waals surface area contributed by atoms with E-state index in [9.17, 15) is 9.59 Å². The lowest BCUT2D eigenvalue weighted by molar-refractivity contribution is 0.0696. The molecule has 1 amide bonds. The zero-order chi connectivity index (χ0) is 13.8. The third-order valence-electron chi connectivity index (χ3n) is 2.41. The minimum atomic E-state index is -1.02. The van der Waals surface area contributed by atoms with Gasteiger partial charge in [-0.2, -0.15) is 0 Å². The first kappa shape index (κ1) is 13.0. The van der Waals surface area contributed by atoms with Crippen molar-refractivity contribution in [1.29, 1.82) is 0 Å². The van der Waals surface area contributed by atoms with Crippen molar-refractivity contribution in [2.75, 3.05) is 5.32 Å². The van der Waals surface area contributed by atoms with Crippen molar-refractivity contribution in [2.45, 2.75) is 0 Å². The van der Waals surface area contributed by atoms with E-state index < -0.39 is 5.97 Å². The van der Waals surface area contributed by atoms with Crippen LogP contribution < -0.4 is 5.32 Å². The summed E-state index contributed by atoms with van der Waals surface area (Å²) in [5, 5.41) is 11.6. The molecule has 0 unspecified atom stereocenters. The topological polar surface area (TPSA) is 79.3 Å². The molecule has 1 heterocycles. The number of carboxylic acids is 1. The van der Waals surface area contributed by atoms with Crippen LogP contribution in [-0.2, 0) is 0 Å². The van der Waals surface area contributed by atoms with Crippen LogP contribution in [0.4, 0.5) is 5.69 Å². The van der Waals surface area contributed by atoms with E-state index in [4.69, 9.17) is 16.7 Å². The second-order valence-corrected chi connectivity index (χ2v) is 4.10. The number of nitrogens with zero attached hydrogens (tertiary/aromatic N) is 1. The van der Waals surface area contributed by atoms with Crippen LogP contribution in [0.2, 0.25) is 5.02 Å². The third-order valence-corrected chi connectivity index (χ3v) is 2.71. The average molecular weight is 277 g/mol. The van der Waals surface area contributed by atoms with Crippen molar-refractivity contribution in [1.82, 2.24) is 4.98 Å². The number of hydrogen-bond acceptors (Lipinski definition) is 3. The molecule has 2 rings (SSSR count). The van der Waals surface area contributed by atoms with Gasteiger partial charge in [-0.3, -0.25) is 9.78 Å². The highest BCUT2D eigenvalue weighted by Crippen LogP contribution is 2.16. The molecule has 0 saturated carbocycles. The number of carbonyl (C=O) groups excluding carboxylic acids is 1. The summed E-state index contributed by atoms with van der Waals surface area (Å²) >= 11 is 5.85. The number of halogens is 1. The minimum absolute atomic E-state index is 0.153. The Hall–Kier alpha value is -2.40. The van der Waals surface area contributed by atoms with Crippen LogP contribution >= 0.6 is 11.6 Å². The fraction of sp³-hybridized carbons (Fsp3) is 0. The number of aromatic carboxylic acids is 1. The summed E-state index contributed by atoms with van der Waals surface area (Å²) in [6.45, 7) is 0. The second-order valence-electron chi connectivity index (χ2n) is 3.69. The van der Waals surface area contributed by atoms with Crippen LogP contribution in [0, 0.1) is 0 Å². The Labute approximate surface area is 113 Å². The van der Waals surface area contributed by atoms with Gasteiger partial charge in [0.15, 0.2) is 0 Å². The molecule has 5 nitrogen and oxygen atoms in total. The number of rotatable bonds is 3. The number of pyridine rings is 1. The summed E-state index contributed by atoms with van der Waals surface area (Å²) < 4.78 is 0. The van der Waals surface area contributed by atoms with Crippen LogP contribution in [-0.4, -0.2) is 22.0 Å². The molecule has 0 radical (unpaired) electrons. The second kappa shape index (κ2) is 5.49. The lowest BCUT2D eigenvalue weighted by Gasteiger charge is -2.06. The molecule has 0 spiro atoms. The number of aromatic nitrogens is 1. The van der Waals surface area contributed by atoms with Crippen LogP contribution in [0.25, 0.3) is 0 Å². The van der Waals surface area contributed by atoms with E-state index in [1.54, 1.807) is 0 Å². The van der Waals surface area contributed by atoms with E-state index >= 15 is 0 Å². The zero-order valence-corrected chi connectivity index (χ0v) is 10.4. The standard InChI is InChI=1S/C13H9ClN2O3/c14-11-7-15-6-5-10(11)12(17)16-9-3-1-8(2-4-9)13(18)19/h1-7H,(H,16,17)(H,18,19). The Balaban J connectivity index is 2.15. The van der Waals surface area contributed by atoms with E-state index in [0.29, 0.717) is 11.3 Å². The first-order valence-corrected chi connectivity index (χ1v) is 5.70. The molecule has 0 aliphatic rings. The van der Waals surface area contributed by atoms with Gasteiger partial charge in [0.2, 0.25) is 0 Å². The fourth-order valence-corrected chi connectivity index (χ4v) is 1.66. The highest BCUT2D eigenvalue weighted by atomic mass is 35.5. The van der Waals surface area contributed by atoms with Crippen LogP contribution in [0.1, 0.15) is 20.7 Å². The molecule has 0 aliphatic heterocycles. The molecular weight excluding hydrogens is 268 g/mol. The number of carboxylic acid groups (broad SMARTS) is 1. The molecule has 1 aromatic heterocycles. The van der Waals surface area contributed by atoms with Crippen LogP contribution in [0.15, 0.2) is 42.7 Å². The predicted octanol–water partition coefficient (Wildman–Crippen LogP) is 2.69. The van der Waals surface area contributed by atoms with Crippen LogP contribution in [0.5, 0.6) is 0 Å². The van der Waals surface area contributed by atoms with Crippen molar-refractivity contribution >= 4 is 29.2 Å². The van der Waals surface area contributed by atoms with Gasteiger partial charge in [0.05, 0.1) is 16.1 Å². The van der Waals surface area contributed by atoms with Crippen molar-refractivity contribution in [3.05, 3.63) is 58.9 Å². The highest BCUT2D eigenvalue weighted by Gasteiger charge is 2.10. The number of benzene rings is 1. The molecule has 2 aromatic rings. The predicted molar refractivity (Wildman–Crippen MR) is 70.6 cm³/mol. The molecule has 0 aliphatic carbocycles. The Morgan fingerprint density at radius 3 is 2.42 bits per heavy atom. The Morgan fingerprint density at radius 1 is 1.16 bits per heavy atom. The highest BCUT2D eigenvalue weighted by molar-refractivity contribution is 6.34. The van der Waals surface area contributed by atoms with Gasteiger partial charge in [-0.1, -0.05) is 11.6 Å². The first-order chi connectivity index (χ1) is 9.08. The molecular formula is C13H9ClN2O3. The molecule has 0 bridgehead atoms. The number of nitrogens with one attached hydrogen (secondary N) is 1. The largest absolute Gasteiger partial charge is 0.478 e. The summed E-state index contributed by atoms with van der Waals surface area (Å²) in [4.78, 5) is 26.4. The number of amides is 1. The Bertz CT molecular complexity index is 626.